The third kappa shape index (κ3) is 4.06. The van der Waals surface area contributed by atoms with E-state index in [2.05, 4.69) is 4.40 Å². The van der Waals surface area contributed by atoms with Crippen LogP contribution in [0.2, 0.25) is 0 Å². The first kappa shape index (κ1) is 24.8. The molecule has 1 aliphatic rings. The van der Waals surface area contributed by atoms with E-state index >= 15 is 0 Å². The van der Waals surface area contributed by atoms with Crippen LogP contribution in [0.1, 0.15) is 39.5 Å². The van der Waals surface area contributed by atoms with Gasteiger partial charge in [0.1, 0.15) is 5.84 Å². The molecule has 166 valence electrons. The van der Waals surface area contributed by atoms with E-state index in [4.69, 9.17) is 0 Å². The third-order valence-electron chi connectivity index (χ3n) is 4.46. The maximum Gasteiger partial charge on any atom is 0.460 e. The van der Waals surface area contributed by atoms with E-state index in [-0.39, 0.29) is 25.9 Å². The van der Waals surface area contributed by atoms with Crippen molar-refractivity contribution in [2.24, 2.45) is 10.3 Å². The monoisotopic (exact) mass is 450 g/mol. The minimum atomic E-state index is -7.30. The number of halogens is 9. The third-order valence-corrected chi connectivity index (χ3v) is 5.79. The smallest absolute Gasteiger partial charge is 0.360 e. The average molecular weight is 450 g/mol. The van der Waals surface area contributed by atoms with E-state index in [1.54, 1.807) is 0 Å². The van der Waals surface area contributed by atoms with E-state index in [0.29, 0.717) is 12.8 Å². The molecule has 0 aromatic heterocycles. The molecule has 1 saturated carbocycles. The van der Waals surface area contributed by atoms with Gasteiger partial charge in [-0.05, 0) is 26.7 Å². The van der Waals surface area contributed by atoms with Crippen molar-refractivity contribution < 1.29 is 47.9 Å². The molecule has 0 N–H and O–H groups in total. The first-order chi connectivity index (χ1) is 12.5. The number of hydrogen-bond acceptors (Lipinski definition) is 2. The van der Waals surface area contributed by atoms with Crippen LogP contribution in [0.15, 0.2) is 4.40 Å². The summed E-state index contributed by atoms with van der Waals surface area (Å²) in [5, 5.41) is -6.80. The van der Waals surface area contributed by atoms with Gasteiger partial charge in [-0.1, -0.05) is 12.8 Å². The molecule has 0 aromatic rings. The van der Waals surface area contributed by atoms with Crippen LogP contribution < -0.4 is 0 Å². The van der Waals surface area contributed by atoms with Crippen molar-refractivity contribution in [3.05, 3.63) is 0 Å². The SMILES string of the molecule is CCN(CC)/C(=N/S(=O)(=O)C(F)(F)C(F)(F)C(F)(F)C(F)(F)F)C1CCCC1. The van der Waals surface area contributed by atoms with Gasteiger partial charge in [0, 0.05) is 19.0 Å². The van der Waals surface area contributed by atoms with Crippen molar-refractivity contribution in [3.8, 4) is 0 Å². The summed E-state index contributed by atoms with van der Waals surface area (Å²) in [4.78, 5) is 1.16. The van der Waals surface area contributed by atoms with Crippen LogP contribution in [0.3, 0.4) is 0 Å². The van der Waals surface area contributed by atoms with Gasteiger partial charge in [0.25, 0.3) is 0 Å². The lowest BCUT2D eigenvalue weighted by molar-refractivity contribution is -0.382. The van der Waals surface area contributed by atoms with Crippen molar-refractivity contribution >= 4 is 15.9 Å². The molecule has 14 heteroatoms. The number of sulfonamides is 1. The average Bonchev–Trinajstić information content (AvgIpc) is 3.07. The maximum atomic E-state index is 13.9. The van der Waals surface area contributed by atoms with Gasteiger partial charge in [-0.2, -0.15) is 47.9 Å². The van der Waals surface area contributed by atoms with Crippen LogP contribution in [0.5, 0.6) is 0 Å². The summed E-state index contributed by atoms with van der Waals surface area (Å²) in [6.45, 7) is 3.01. The first-order valence-electron chi connectivity index (χ1n) is 8.27. The summed E-state index contributed by atoms with van der Waals surface area (Å²) in [5.74, 6) is -15.8. The molecule has 0 atom stereocenters. The zero-order chi connectivity index (χ0) is 22.2. The summed E-state index contributed by atoms with van der Waals surface area (Å²) in [5.41, 5.74) is 0. The summed E-state index contributed by atoms with van der Waals surface area (Å²) in [7, 11) is -6.78. The summed E-state index contributed by atoms with van der Waals surface area (Å²) in [6.07, 6.45) is -5.42. The standard InChI is InChI=1S/C14H19F9N2O2S/c1-3-25(4-2)10(9-7-5-6-8-9)24-28(26,27)14(22,23)12(17,18)11(15,16)13(19,20)21/h9H,3-8H2,1-2H3/b24-10+. The van der Waals surface area contributed by atoms with E-state index in [0.717, 1.165) is 4.90 Å². The van der Waals surface area contributed by atoms with E-state index < -0.39 is 45.1 Å². The van der Waals surface area contributed by atoms with Crippen molar-refractivity contribution in [3.63, 3.8) is 0 Å². The molecular formula is C14H19F9N2O2S. The summed E-state index contributed by atoms with van der Waals surface area (Å²) in [6, 6.07) is 0. The van der Waals surface area contributed by atoms with Gasteiger partial charge in [-0.3, -0.25) is 0 Å². The minimum Gasteiger partial charge on any atom is -0.360 e. The topological polar surface area (TPSA) is 49.7 Å². The Balaban J connectivity index is 3.53. The number of amidine groups is 1. The highest BCUT2D eigenvalue weighted by Crippen LogP contribution is 2.55. The lowest BCUT2D eigenvalue weighted by Crippen LogP contribution is -2.63. The molecule has 1 rings (SSSR count). The second-order valence-electron chi connectivity index (χ2n) is 6.24. The van der Waals surface area contributed by atoms with Crippen LogP contribution in [-0.4, -0.2) is 55.5 Å². The summed E-state index contributed by atoms with van der Waals surface area (Å²) >= 11 is 0. The molecule has 0 aliphatic heterocycles. The second kappa shape index (κ2) is 7.90. The van der Waals surface area contributed by atoms with Gasteiger partial charge in [-0.25, -0.2) is 0 Å². The van der Waals surface area contributed by atoms with Crippen LogP contribution in [0.25, 0.3) is 0 Å². The predicted octanol–water partition coefficient (Wildman–Crippen LogP) is 4.67. The molecule has 1 aliphatic carbocycles. The Morgan fingerprint density at radius 1 is 0.893 bits per heavy atom. The Morgan fingerprint density at radius 3 is 1.68 bits per heavy atom. The maximum absolute atomic E-state index is 13.9. The van der Waals surface area contributed by atoms with Crippen molar-refractivity contribution in [1.29, 1.82) is 0 Å². The molecule has 0 spiro atoms. The number of hydrogen-bond donors (Lipinski definition) is 0. The number of alkyl halides is 9. The van der Waals surface area contributed by atoms with Crippen molar-refractivity contribution in [2.75, 3.05) is 13.1 Å². The van der Waals surface area contributed by atoms with Crippen LogP contribution in [0.4, 0.5) is 39.5 Å². The molecule has 0 unspecified atom stereocenters. The Bertz CT molecular complexity index is 675. The Labute approximate surface area is 155 Å². The Morgan fingerprint density at radius 2 is 1.32 bits per heavy atom. The fraction of sp³-hybridized carbons (Fsp3) is 0.929. The molecule has 0 bridgehead atoms. The second-order valence-corrected chi connectivity index (χ2v) is 7.89. The summed E-state index contributed by atoms with van der Waals surface area (Å²) < 4.78 is 144. The zero-order valence-corrected chi connectivity index (χ0v) is 15.7. The lowest BCUT2D eigenvalue weighted by atomic mass is 10.1. The lowest BCUT2D eigenvalue weighted by Gasteiger charge is -2.33. The van der Waals surface area contributed by atoms with Gasteiger partial charge in [0.2, 0.25) is 0 Å². The molecular weight excluding hydrogens is 431 g/mol. The molecule has 0 aromatic carbocycles. The van der Waals surface area contributed by atoms with E-state index in [9.17, 15) is 47.9 Å². The highest BCUT2D eigenvalue weighted by molar-refractivity contribution is 7.91. The largest absolute Gasteiger partial charge is 0.460 e. The van der Waals surface area contributed by atoms with Crippen molar-refractivity contribution in [2.45, 2.75) is 62.8 Å². The Hall–Kier alpha value is -1.21. The quantitative estimate of drug-likeness (QED) is 0.322. The molecule has 1 fully saturated rings. The fourth-order valence-corrected chi connectivity index (χ4v) is 3.90. The van der Waals surface area contributed by atoms with Gasteiger partial charge in [0.15, 0.2) is 0 Å². The van der Waals surface area contributed by atoms with Crippen molar-refractivity contribution in [1.82, 2.24) is 4.90 Å². The predicted molar refractivity (Wildman–Crippen MR) is 82.1 cm³/mol. The number of rotatable bonds is 7. The molecule has 4 nitrogen and oxygen atoms in total. The minimum absolute atomic E-state index is 0.0298. The van der Waals surface area contributed by atoms with Crippen LogP contribution in [0, 0.1) is 5.92 Å². The fourth-order valence-electron chi connectivity index (χ4n) is 2.83. The van der Waals surface area contributed by atoms with E-state index in [1.165, 1.54) is 13.8 Å². The molecule has 0 heterocycles. The van der Waals surface area contributed by atoms with Gasteiger partial charge >= 0.3 is 33.3 Å². The first-order valence-corrected chi connectivity index (χ1v) is 9.71. The Kier molecular flexibility index (Phi) is 7.01. The normalized spacial score (nSPS) is 18.6. The van der Waals surface area contributed by atoms with Crippen LogP contribution in [-0.2, 0) is 10.0 Å². The highest BCUT2D eigenvalue weighted by Gasteiger charge is 2.85. The highest BCUT2D eigenvalue weighted by atomic mass is 32.2. The molecule has 0 radical (unpaired) electrons. The van der Waals surface area contributed by atoms with Gasteiger partial charge < -0.3 is 4.90 Å². The molecule has 28 heavy (non-hydrogen) atoms. The zero-order valence-electron chi connectivity index (χ0n) is 14.8. The van der Waals surface area contributed by atoms with Gasteiger partial charge in [0.05, 0.1) is 0 Å². The number of nitrogens with zero attached hydrogens (tertiary/aromatic N) is 2. The molecule has 0 amide bonds. The van der Waals surface area contributed by atoms with Crippen LogP contribution >= 0.6 is 0 Å². The van der Waals surface area contributed by atoms with E-state index in [1.807, 2.05) is 0 Å². The molecule has 0 saturated heterocycles. The van der Waals surface area contributed by atoms with Gasteiger partial charge in [-0.15, -0.1) is 4.40 Å².